The van der Waals surface area contributed by atoms with E-state index in [4.69, 9.17) is 5.73 Å². The van der Waals surface area contributed by atoms with E-state index in [0.29, 0.717) is 6.42 Å². The highest BCUT2D eigenvalue weighted by Gasteiger charge is 2.19. The van der Waals surface area contributed by atoms with E-state index in [2.05, 4.69) is 10.1 Å². The van der Waals surface area contributed by atoms with Crippen molar-refractivity contribution in [3.8, 4) is 0 Å². The molecule has 0 spiro atoms. The molecular formula is C11H16N2O3. The molecule has 1 aliphatic rings. The minimum atomic E-state index is -0.721. The summed E-state index contributed by atoms with van der Waals surface area (Å²) in [5.41, 5.74) is 6.20. The third-order valence-corrected chi connectivity index (χ3v) is 2.33. The molecule has 0 heterocycles. The highest BCUT2D eigenvalue weighted by atomic mass is 16.5. The Morgan fingerprint density at radius 1 is 1.56 bits per heavy atom. The summed E-state index contributed by atoms with van der Waals surface area (Å²) in [7, 11) is 1.24. The molecule has 0 saturated heterocycles. The number of nitrogens with one attached hydrogen (secondary N) is 1. The van der Waals surface area contributed by atoms with Crippen LogP contribution in [-0.4, -0.2) is 25.2 Å². The lowest BCUT2D eigenvalue weighted by molar-refractivity contribution is -0.119. The van der Waals surface area contributed by atoms with E-state index in [0.717, 1.165) is 18.4 Å². The number of carbonyl (C=O) groups is 2. The van der Waals surface area contributed by atoms with Gasteiger partial charge in [-0.25, -0.2) is 4.79 Å². The van der Waals surface area contributed by atoms with Gasteiger partial charge >= 0.3 is 6.09 Å². The molecule has 16 heavy (non-hydrogen) atoms. The lowest BCUT2D eigenvalue weighted by Gasteiger charge is -2.16. The fourth-order valence-corrected chi connectivity index (χ4v) is 1.48. The zero-order valence-electron chi connectivity index (χ0n) is 9.23. The molecule has 0 bridgehead atoms. The standard InChI is InChI=1S/C11H16N2O3/c1-16-11(15)13-9(10(12)14)7-8-5-3-2-4-6-8/h3,5-6,9H,2,4,7H2,1H3,(H2,12,14)(H,13,15)/t9-/m0/s1. The normalized spacial score (nSPS) is 16.2. The predicted octanol–water partition coefficient (Wildman–Crippen LogP) is 0.863. The molecule has 1 rings (SSSR count). The van der Waals surface area contributed by atoms with Gasteiger partial charge in [0.05, 0.1) is 7.11 Å². The molecule has 3 N–H and O–H groups in total. The Morgan fingerprint density at radius 3 is 2.81 bits per heavy atom. The van der Waals surface area contributed by atoms with E-state index in [1.165, 1.54) is 7.11 Å². The van der Waals surface area contributed by atoms with Gasteiger partial charge in [-0.05, 0) is 18.4 Å². The largest absolute Gasteiger partial charge is 0.453 e. The van der Waals surface area contributed by atoms with Crippen LogP contribution in [0.5, 0.6) is 0 Å². The Morgan fingerprint density at radius 2 is 2.31 bits per heavy atom. The number of hydrogen-bond acceptors (Lipinski definition) is 3. The van der Waals surface area contributed by atoms with Crippen molar-refractivity contribution in [2.75, 3.05) is 7.11 Å². The Hall–Kier alpha value is -1.78. The van der Waals surface area contributed by atoms with Gasteiger partial charge in [0.2, 0.25) is 5.91 Å². The summed E-state index contributed by atoms with van der Waals surface area (Å²) in [6.45, 7) is 0. The van der Waals surface area contributed by atoms with Gasteiger partial charge in [-0.3, -0.25) is 4.79 Å². The average Bonchev–Trinajstić information content (AvgIpc) is 2.29. The van der Waals surface area contributed by atoms with Gasteiger partial charge in [0.1, 0.15) is 6.04 Å². The molecule has 0 fully saturated rings. The number of carbonyl (C=O) groups excluding carboxylic acids is 2. The van der Waals surface area contributed by atoms with E-state index in [-0.39, 0.29) is 0 Å². The van der Waals surface area contributed by atoms with Crippen LogP contribution in [0.1, 0.15) is 19.3 Å². The Bertz CT molecular complexity index is 334. The van der Waals surface area contributed by atoms with Crippen molar-refractivity contribution in [1.82, 2.24) is 5.32 Å². The van der Waals surface area contributed by atoms with Crippen LogP contribution in [0.15, 0.2) is 23.8 Å². The van der Waals surface area contributed by atoms with Crippen LogP contribution < -0.4 is 11.1 Å². The fourth-order valence-electron chi connectivity index (χ4n) is 1.48. The second kappa shape index (κ2) is 5.95. The maximum atomic E-state index is 11.1. The monoisotopic (exact) mass is 224 g/mol. The van der Waals surface area contributed by atoms with Crippen LogP contribution in [0.3, 0.4) is 0 Å². The molecule has 0 aromatic rings. The summed E-state index contributed by atoms with van der Waals surface area (Å²) in [5, 5.41) is 2.40. The van der Waals surface area contributed by atoms with Crippen LogP contribution in [0, 0.1) is 0 Å². The topological polar surface area (TPSA) is 81.4 Å². The first kappa shape index (κ1) is 12.3. The number of alkyl carbamates (subject to hydrolysis) is 1. The first-order valence-electron chi connectivity index (χ1n) is 5.13. The van der Waals surface area contributed by atoms with Crippen molar-refractivity contribution in [2.24, 2.45) is 5.73 Å². The van der Waals surface area contributed by atoms with Crippen molar-refractivity contribution in [3.05, 3.63) is 23.8 Å². The van der Waals surface area contributed by atoms with Crippen LogP contribution >= 0.6 is 0 Å². The summed E-state index contributed by atoms with van der Waals surface area (Å²) in [5.74, 6) is -0.565. The molecule has 0 saturated carbocycles. The molecule has 0 aromatic carbocycles. The van der Waals surface area contributed by atoms with E-state index < -0.39 is 18.0 Å². The Balaban J connectivity index is 2.57. The number of hydrogen-bond donors (Lipinski definition) is 2. The predicted molar refractivity (Wildman–Crippen MR) is 59.6 cm³/mol. The first-order chi connectivity index (χ1) is 7.63. The number of ether oxygens (including phenoxy) is 1. The fraction of sp³-hybridized carbons (Fsp3) is 0.455. The number of amides is 2. The van der Waals surface area contributed by atoms with Crippen molar-refractivity contribution in [2.45, 2.75) is 25.3 Å². The molecule has 5 heteroatoms. The number of rotatable bonds is 4. The van der Waals surface area contributed by atoms with Crippen molar-refractivity contribution >= 4 is 12.0 Å². The number of nitrogens with two attached hydrogens (primary N) is 1. The zero-order chi connectivity index (χ0) is 12.0. The van der Waals surface area contributed by atoms with Gasteiger partial charge in [-0.1, -0.05) is 18.2 Å². The molecule has 5 nitrogen and oxygen atoms in total. The van der Waals surface area contributed by atoms with E-state index in [1.807, 2.05) is 18.2 Å². The highest BCUT2D eigenvalue weighted by molar-refractivity contribution is 5.84. The third-order valence-electron chi connectivity index (χ3n) is 2.33. The van der Waals surface area contributed by atoms with E-state index >= 15 is 0 Å². The van der Waals surface area contributed by atoms with Crippen LogP contribution in [-0.2, 0) is 9.53 Å². The van der Waals surface area contributed by atoms with Gasteiger partial charge in [-0.2, -0.15) is 0 Å². The molecule has 0 unspecified atom stereocenters. The Labute approximate surface area is 94.3 Å². The van der Waals surface area contributed by atoms with Gasteiger partial charge in [0.15, 0.2) is 0 Å². The average molecular weight is 224 g/mol. The molecule has 0 aromatic heterocycles. The van der Waals surface area contributed by atoms with Crippen molar-refractivity contribution in [3.63, 3.8) is 0 Å². The van der Waals surface area contributed by atoms with Crippen molar-refractivity contribution < 1.29 is 14.3 Å². The molecule has 1 aliphatic carbocycles. The minimum absolute atomic E-state index is 0.404. The summed E-state index contributed by atoms with van der Waals surface area (Å²) < 4.78 is 4.42. The summed E-state index contributed by atoms with van der Waals surface area (Å²) in [4.78, 5) is 22.1. The van der Waals surface area contributed by atoms with Gasteiger partial charge in [0, 0.05) is 6.42 Å². The van der Waals surface area contributed by atoms with Crippen LogP contribution in [0.4, 0.5) is 4.79 Å². The van der Waals surface area contributed by atoms with E-state index in [9.17, 15) is 9.59 Å². The molecular weight excluding hydrogens is 208 g/mol. The maximum Gasteiger partial charge on any atom is 0.407 e. The first-order valence-corrected chi connectivity index (χ1v) is 5.13. The van der Waals surface area contributed by atoms with Crippen LogP contribution in [0.2, 0.25) is 0 Å². The maximum absolute atomic E-state index is 11.1. The molecule has 0 aliphatic heterocycles. The molecule has 2 amide bonds. The number of allylic oxidation sites excluding steroid dienone is 3. The number of primary amides is 1. The summed E-state index contributed by atoms with van der Waals surface area (Å²) in [6, 6.07) is -0.721. The van der Waals surface area contributed by atoms with E-state index in [1.54, 1.807) is 0 Å². The highest BCUT2D eigenvalue weighted by Crippen LogP contribution is 2.14. The third kappa shape index (κ3) is 3.76. The quantitative estimate of drug-likeness (QED) is 0.743. The van der Waals surface area contributed by atoms with Gasteiger partial charge < -0.3 is 15.8 Å². The second-order valence-corrected chi connectivity index (χ2v) is 3.55. The lowest BCUT2D eigenvalue weighted by Crippen LogP contribution is -2.44. The lowest BCUT2D eigenvalue weighted by atomic mass is 10.00. The molecule has 88 valence electrons. The molecule has 0 radical (unpaired) electrons. The summed E-state index contributed by atoms with van der Waals surface area (Å²) in [6.07, 6.45) is 7.73. The summed E-state index contributed by atoms with van der Waals surface area (Å²) >= 11 is 0. The Kier molecular flexibility index (Phi) is 4.57. The number of methoxy groups -OCH3 is 1. The zero-order valence-corrected chi connectivity index (χ0v) is 9.23. The SMILES string of the molecule is COC(=O)N[C@@H](CC1=CCCC=C1)C(N)=O. The van der Waals surface area contributed by atoms with Crippen LogP contribution in [0.25, 0.3) is 0 Å². The van der Waals surface area contributed by atoms with Gasteiger partial charge in [0.25, 0.3) is 0 Å². The smallest absolute Gasteiger partial charge is 0.407 e. The second-order valence-electron chi connectivity index (χ2n) is 3.55. The van der Waals surface area contributed by atoms with Gasteiger partial charge in [-0.15, -0.1) is 0 Å². The molecule has 1 atom stereocenters. The van der Waals surface area contributed by atoms with Crippen molar-refractivity contribution in [1.29, 1.82) is 0 Å². The minimum Gasteiger partial charge on any atom is -0.453 e.